The number of halogens is 3. The third-order valence-electron chi connectivity index (χ3n) is 3.88. The van der Waals surface area contributed by atoms with Crippen LogP contribution in [0.4, 0.5) is 0 Å². The zero-order valence-electron chi connectivity index (χ0n) is 12.2. The first-order valence-corrected chi connectivity index (χ1v) is 9.17. The van der Waals surface area contributed by atoms with E-state index in [9.17, 15) is 4.79 Å². The number of nitrogens with zero attached hydrogens (tertiary/aromatic N) is 3. The fraction of sp³-hybridized carbons (Fsp3) is 0.333. The molecule has 2 heterocycles. The lowest BCUT2D eigenvalue weighted by molar-refractivity contribution is 0.0622. The number of nitrogens with one attached hydrogen (secondary N) is 1. The Hall–Kier alpha value is -0.890. The number of aromatic nitrogens is 2. The predicted octanol–water partition coefficient (Wildman–Crippen LogP) is 3.55. The fourth-order valence-electron chi connectivity index (χ4n) is 2.58. The molecule has 0 unspecified atom stereocenters. The molecule has 1 fully saturated rings. The number of amides is 1. The second-order valence-electron chi connectivity index (χ2n) is 5.36. The number of carbonyl (C=O) groups is 1. The van der Waals surface area contributed by atoms with Gasteiger partial charge in [-0.2, -0.15) is 5.10 Å². The van der Waals surface area contributed by atoms with Gasteiger partial charge < -0.3 is 4.90 Å². The van der Waals surface area contributed by atoms with Crippen molar-refractivity contribution in [1.29, 1.82) is 0 Å². The first-order chi connectivity index (χ1) is 11.1. The number of hydrogen-bond donors (Lipinski definition) is 1. The molecule has 1 aromatic carbocycles. The summed E-state index contributed by atoms with van der Waals surface area (Å²) in [4.78, 5) is 16.6. The molecule has 0 radical (unpaired) electrons. The lowest BCUT2D eigenvalue weighted by Crippen LogP contribution is -2.48. The van der Waals surface area contributed by atoms with E-state index in [2.05, 4.69) is 47.0 Å². The summed E-state index contributed by atoms with van der Waals surface area (Å²) < 4.78 is 1.35. The molecule has 5 nitrogen and oxygen atoms in total. The molecule has 2 aromatic rings. The monoisotopic (exact) mass is 460 g/mol. The molecule has 1 amide bonds. The number of H-pyrrole nitrogens is 1. The molecule has 0 saturated carbocycles. The van der Waals surface area contributed by atoms with Gasteiger partial charge in [-0.15, -0.1) is 0 Å². The number of carbonyl (C=O) groups excluding carboxylic acids is 1. The molecule has 0 bridgehead atoms. The topological polar surface area (TPSA) is 52.2 Å². The van der Waals surface area contributed by atoms with Crippen molar-refractivity contribution in [3.05, 3.63) is 49.6 Å². The lowest BCUT2D eigenvalue weighted by Gasteiger charge is -2.34. The van der Waals surface area contributed by atoms with Gasteiger partial charge in [0, 0.05) is 37.7 Å². The summed E-state index contributed by atoms with van der Waals surface area (Å²) in [6.45, 7) is 3.81. The van der Waals surface area contributed by atoms with E-state index >= 15 is 0 Å². The van der Waals surface area contributed by atoms with Crippen LogP contribution in [0.3, 0.4) is 0 Å². The molecule has 0 atom stereocenters. The van der Waals surface area contributed by atoms with E-state index in [0.717, 1.165) is 30.2 Å². The van der Waals surface area contributed by atoms with Crippen LogP contribution >= 0.6 is 43.5 Å². The van der Waals surface area contributed by atoms with Gasteiger partial charge in [-0.3, -0.25) is 14.8 Å². The quantitative estimate of drug-likeness (QED) is 0.759. The van der Waals surface area contributed by atoms with Crippen LogP contribution in [0.15, 0.2) is 33.3 Å². The minimum absolute atomic E-state index is 0.0591. The molecule has 1 aliphatic rings. The lowest BCUT2D eigenvalue weighted by atomic mass is 10.2. The van der Waals surface area contributed by atoms with Gasteiger partial charge in [-0.1, -0.05) is 29.8 Å². The number of aromatic amines is 1. The van der Waals surface area contributed by atoms with Crippen molar-refractivity contribution >= 4 is 49.4 Å². The Labute approximate surface area is 156 Å². The maximum atomic E-state index is 12.5. The van der Waals surface area contributed by atoms with Gasteiger partial charge in [0.15, 0.2) is 5.69 Å². The molecule has 1 aliphatic heterocycles. The van der Waals surface area contributed by atoms with Crippen molar-refractivity contribution in [1.82, 2.24) is 20.0 Å². The predicted molar refractivity (Wildman–Crippen MR) is 96.6 cm³/mol. The Kier molecular flexibility index (Phi) is 5.41. The zero-order valence-corrected chi connectivity index (χ0v) is 16.2. The minimum Gasteiger partial charge on any atom is -0.335 e. The van der Waals surface area contributed by atoms with Crippen molar-refractivity contribution in [2.45, 2.75) is 6.54 Å². The molecule has 23 heavy (non-hydrogen) atoms. The molecular weight excluding hydrogens is 447 g/mol. The van der Waals surface area contributed by atoms with Crippen molar-refractivity contribution in [2.75, 3.05) is 26.2 Å². The van der Waals surface area contributed by atoms with E-state index in [-0.39, 0.29) is 5.91 Å². The summed E-state index contributed by atoms with van der Waals surface area (Å²) in [5.74, 6) is -0.0591. The zero-order chi connectivity index (χ0) is 16.4. The Balaban J connectivity index is 1.59. The van der Waals surface area contributed by atoms with Crippen LogP contribution in [0.5, 0.6) is 0 Å². The molecule has 1 saturated heterocycles. The average Bonchev–Trinajstić information content (AvgIpc) is 2.89. The van der Waals surface area contributed by atoms with E-state index < -0.39 is 0 Å². The Bertz CT molecular complexity index is 713. The number of hydrogen-bond acceptors (Lipinski definition) is 3. The fourth-order valence-corrected chi connectivity index (χ4v) is 3.39. The number of piperazine rings is 1. The third-order valence-corrected chi connectivity index (χ3v) is 6.13. The second-order valence-corrected chi connectivity index (χ2v) is 7.35. The van der Waals surface area contributed by atoms with Crippen LogP contribution in [-0.4, -0.2) is 52.1 Å². The highest BCUT2D eigenvalue weighted by molar-refractivity contribution is 9.13. The molecule has 0 aliphatic carbocycles. The number of rotatable bonds is 3. The Morgan fingerprint density at radius 1 is 1.22 bits per heavy atom. The second kappa shape index (κ2) is 7.34. The van der Waals surface area contributed by atoms with Crippen molar-refractivity contribution in [3.63, 3.8) is 0 Å². The van der Waals surface area contributed by atoms with Gasteiger partial charge in [-0.05, 0) is 43.5 Å². The van der Waals surface area contributed by atoms with Crippen molar-refractivity contribution < 1.29 is 4.79 Å². The highest BCUT2D eigenvalue weighted by Crippen LogP contribution is 2.25. The summed E-state index contributed by atoms with van der Waals surface area (Å²) in [6, 6.07) is 7.87. The third kappa shape index (κ3) is 3.79. The largest absolute Gasteiger partial charge is 0.335 e. The van der Waals surface area contributed by atoms with E-state index in [0.29, 0.717) is 27.9 Å². The summed E-state index contributed by atoms with van der Waals surface area (Å²) in [7, 11) is 0. The summed E-state index contributed by atoms with van der Waals surface area (Å²) >= 11 is 12.9. The number of benzene rings is 1. The van der Waals surface area contributed by atoms with Crippen LogP contribution in [0.25, 0.3) is 0 Å². The van der Waals surface area contributed by atoms with Crippen LogP contribution < -0.4 is 0 Å². The Morgan fingerprint density at radius 3 is 2.52 bits per heavy atom. The SMILES string of the molecule is O=C(c1n[nH]c(Br)c1Br)N1CCN(Cc2ccccc2Cl)CC1. The maximum absolute atomic E-state index is 12.5. The van der Waals surface area contributed by atoms with Crippen LogP contribution in [-0.2, 0) is 6.54 Å². The van der Waals surface area contributed by atoms with E-state index in [1.54, 1.807) is 0 Å². The molecule has 8 heteroatoms. The molecule has 1 aromatic heterocycles. The highest BCUT2D eigenvalue weighted by atomic mass is 79.9. The highest BCUT2D eigenvalue weighted by Gasteiger charge is 2.26. The summed E-state index contributed by atoms with van der Waals surface area (Å²) in [6.07, 6.45) is 0. The Morgan fingerprint density at radius 2 is 1.91 bits per heavy atom. The molecular formula is C15H15Br2ClN4O. The average molecular weight is 463 g/mol. The van der Waals surface area contributed by atoms with Gasteiger partial charge in [-0.25, -0.2) is 0 Å². The maximum Gasteiger partial charge on any atom is 0.275 e. The van der Waals surface area contributed by atoms with Gasteiger partial charge in [0.1, 0.15) is 4.60 Å². The van der Waals surface area contributed by atoms with Crippen LogP contribution in [0.2, 0.25) is 5.02 Å². The van der Waals surface area contributed by atoms with Crippen molar-refractivity contribution in [2.24, 2.45) is 0 Å². The molecule has 122 valence electrons. The van der Waals surface area contributed by atoms with Crippen molar-refractivity contribution in [3.8, 4) is 0 Å². The minimum atomic E-state index is -0.0591. The van der Waals surface area contributed by atoms with E-state index in [1.807, 2.05) is 29.2 Å². The smallest absolute Gasteiger partial charge is 0.275 e. The first kappa shape index (κ1) is 17.0. The van der Waals surface area contributed by atoms with Gasteiger partial charge >= 0.3 is 0 Å². The molecule has 3 rings (SSSR count). The summed E-state index contributed by atoms with van der Waals surface area (Å²) in [5, 5.41) is 7.59. The van der Waals surface area contributed by atoms with Gasteiger partial charge in [0.25, 0.3) is 5.91 Å². The first-order valence-electron chi connectivity index (χ1n) is 7.20. The van der Waals surface area contributed by atoms with E-state index in [1.165, 1.54) is 0 Å². The molecule has 0 spiro atoms. The van der Waals surface area contributed by atoms with Gasteiger partial charge in [0.2, 0.25) is 0 Å². The van der Waals surface area contributed by atoms with E-state index in [4.69, 9.17) is 11.6 Å². The van der Waals surface area contributed by atoms with Crippen LogP contribution in [0, 0.1) is 0 Å². The van der Waals surface area contributed by atoms with Gasteiger partial charge in [0.05, 0.1) is 4.47 Å². The van der Waals surface area contributed by atoms with Crippen LogP contribution in [0.1, 0.15) is 16.1 Å². The normalized spacial score (nSPS) is 15.9. The standard InChI is InChI=1S/C15H15Br2ClN4O/c16-12-13(19-20-14(12)17)15(23)22-7-5-21(6-8-22)9-10-3-1-2-4-11(10)18/h1-4H,5-9H2,(H,19,20). The summed E-state index contributed by atoms with van der Waals surface area (Å²) in [5.41, 5.74) is 1.53. The molecule has 1 N–H and O–H groups in total.